The van der Waals surface area contributed by atoms with Crippen molar-refractivity contribution in [2.24, 2.45) is 5.92 Å². The summed E-state index contributed by atoms with van der Waals surface area (Å²) in [5.74, 6) is -0.526. The summed E-state index contributed by atoms with van der Waals surface area (Å²) in [4.78, 5) is 40.9. The van der Waals surface area contributed by atoms with Gasteiger partial charge in [-0.15, -0.1) is 11.3 Å². The van der Waals surface area contributed by atoms with E-state index in [-0.39, 0.29) is 36.7 Å². The average molecular weight is 429 g/mol. The zero-order chi connectivity index (χ0) is 21.9. The second kappa shape index (κ2) is 9.10. The lowest BCUT2D eigenvalue weighted by atomic mass is 9.95. The number of hydrogen-bond donors (Lipinski definition) is 1. The van der Waals surface area contributed by atoms with Crippen molar-refractivity contribution in [2.75, 3.05) is 20.3 Å². The molecule has 1 aliphatic heterocycles. The Labute approximate surface area is 181 Å². The van der Waals surface area contributed by atoms with Crippen LogP contribution >= 0.6 is 11.3 Å². The number of hydrogen-bond acceptors (Lipinski definition) is 5. The number of rotatable bonds is 7. The lowest BCUT2D eigenvalue weighted by Crippen LogP contribution is -2.58. The number of ether oxygens (including phenoxy) is 1. The number of ketones is 1. The first-order chi connectivity index (χ1) is 14.2. The Kier molecular flexibility index (Phi) is 6.73. The smallest absolute Gasteiger partial charge is 0.251 e. The Morgan fingerprint density at radius 2 is 1.93 bits per heavy atom. The number of nitrogens with zero attached hydrogens (tertiary/aromatic N) is 1. The third kappa shape index (κ3) is 4.63. The van der Waals surface area contributed by atoms with Crippen LogP contribution in [-0.4, -0.2) is 54.3 Å². The second-order valence-corrected chi connectivity index (χ2v) is 9.25. The van der Waals surface area contributed by atoms with Crippen LogP contribution in [0.2, 0.25) is 0 Å². The fourth-order valence-corrected chi connectivity index (χ4v) is 4.24. The molecule has 1 aromatic carbocycles. The van der Waals surface area contributed by atoms with Gasteiger partial charge in [0, 0.05) is 17.5 Å². The van der Waals surface area contributed by atoms with E-state index in [2.05, 4.69) is 5.32 Å². The molecule has 2 atom stereocenters. The average Bonchev–Trinajstić information content (AvgIpc) is 3.37. The van der Waals surface area contributed by atoms with Gasteiger partial charge in [0.05, 0.1) is 6.61 Å². The van der Waals surface area contributed by atoms with Crippen LogP contribution in [0.3, 0.4) is 0 Å². The molecule has 1 saturated heterocycles. The van der Waals surface area contributed by atoms with Gasteiger partial charge in [-0.05, 0) is 48.4 Å². The molecule has 7 heteroatoms. The number of likely N-dealkylation sites (N-methyl/N-ethyl adjacent to an activating group) is 1. The molecule has 2 unspecified atom stereocenters. The SMILES string of the molecule is CC(C)CC(NC(=O)c1ccc(-c2cccs2)cc1)C(=O)N(C)C1(C)COCC1=O. The predicted octanol–water partition coefficient (Wildman–Crippen LogP) is 3.38. The number of Topliss-reactive ketones (excluding diaryl/α,β-unsaturated/α-hetero) is 1. The summed E-state index contributed by atoms with van der Waals surface area (Å²) < 4.78 is 5.27. The molecule has 160 valence electrons. The minimum absolute atomic E-state index is 0.00587. The van der Waals surface area contributed by atoms with Crippen LogP contribution in [-0.2, 0) is 14.3 Å². The highest BCUT2D eigenvalue weighted by Crippen LogP contribution is 2.25. The molecule has 6 nitrogen and oxygen atoms in total. The maximum Gasteiger partial charge on any atom is 0.251 e. The Morgan fingerprint density at radius 3 is 2.47 bits per heavy atom. The number of benzene rings is 1. The van der Waals surface area contributed by atoms with E-state index in [1.807, 2.05) is 43.5 Å². The molecule has 3 rings (SSSR count). The monoisotopic (exact) mass is 428 g/mol. The van der Waals surface area contributed by atoms with Crippen molar-refractivity contribution in [1.29, 1.82) is 0 Å². The Balaban J connectivity index is 1.74. The normalized spacial score (nSPS) is 19.7. The van der Waals surface area contributed by atoms with Gasteiger partial charge in [-0.3, -0.25) is 14.4 Å². The van der Waals surface area contributed by atoms with Crippen LogP contribution < -0.4 is 5.32 Å². The van der Waals surface area contributed by atoms with E-state index in [4.69, 9.17) is 4.74 Å². The Bertz CT molecular complexity index is 908. The highest BCUT2D eigenvalue weighted by Gasteiger charge is 2.45. The lowest BCUT2D eigenvalue weighted by molar-refractivity contribution is -0.143. The van der Waals surface area contributed by atoms with Crippen LogP contribution in [0, 0.1) is 5.92 Å². The fraction of sp³-hybridized carbons (Fsp3) is 0.435. The summed E-state index contributed by atoms with van der Waals surface area (Å²) in [5.41, 5.74) is 0.536. The van der Waals surface area contributed by atoms with Gasteiger partial charge in [-0.1, -0.05) is 32.0 Å². The summed E-state index contributed by atoms with van der Waals surface area (Å²) in [6.45, 7) is 5.87. The highest BCUT2D eigenvalue weighted by molar-refractivity contribution is 7.13. The minimum atomic E-state index is -1.00. The summed E-state index contributed by atoms with van der Waals surface area (Å²) >= 11 is 1.64. The van der Waals surface area contributed by atoms with Crippen molar-refractivity contribution in [3.05, 3.63) is 47.3 Å². The van der Waals surface area contributed by atoms with Gasteiger partial charge in [0.25, 0.3) is 5.91 Å². The molecule has 1 fully saturated rings. The third-order valence-electron chi connectivity index (χ3n) is 5.55. The summed E-state index contributed by atoms with van der Waals surface area (Å²) in [6, 6.07) is 10.6. The first-order valence-electron chi connectivity index (χ1n) is 10.1. The molecule has 2 heterocycles. The maximum atomic E-state index is 13.2. The number of nitrogens with one attached hydrogen (secondary N) is 1. The lowest BCUT2D eigenvalue weighted by Gasteiger charge is -2.35. The first kappa shape index (κ1) is 22.2. The zero-order valence-electron chi connectivity index (χ0n) is 17.8. The second-order valence-electron chi connectivity index (χ2n) is 8.30. The molecule has 0 aliphatic carbocycles. The van der Waals surface area contributed by atoms with Gasteiger partial charge in [0.15, 0.2) is 5.78 Å². The van der Waals surface area contributed by atoms with Crippen LogP contribution in [0.1, 0.15) is 37.6 Å². The van der Waals surface area contributed by atoms with E-state index in [0.29, 0.717) is 12.0 Å². The molecule has 1 N–H and O–H groups in total. The van der Waals surface area contributed by atoms with Crippen LogP contribution in [0.25, 0.3) is 10.4 Å². The number of carbonyl (C=O) groups is 3. The molecule has 30 heavy (non-hydrogen) atoms. The van der Waals surface area contributed by atoms with Crippen molar-refractivity contribution in [1.82, 2.24) is 10.2 Å². The third-order valence-corrected chi connectivity index (χ3v) is 6.47. The number of carbonyl (C=O) groups excluding carboxylic acids is 3. The Hall–Kier alpha value is -2.51. The molecule has 0 radical (unpaired) electrons. The minimum Gasteiger partial charge on any atom is -0.371 e. The molecule has 0 saturated carbocycles. The predicted molar refractivity (Wildman–Crippen MR) is 117 cm³/mol. The molecule has 0 bridgehead atoms. The van der Waals surface area contributed by atoms with Gasteiger partial charge >= 0.3 is 0 Å². The van der Waals surface area contributed by atoms with Crippen molar-refractivity contribution >= 4 is 28.9 Å². The maximum absolute atomic E-state index is 13.2. The van der Waals surface area contributed by atoms with E-state index in [1.165, 1.54) is 4.90 Å². The molecule has 1 aliphatic rings. The number of amides is 2. The van der Waals surface area contributed by atoms with Crippen molar-refractivity contribution < 1.29 is 19.1 Å². The van der Waals surface area contributed by atoms with Gasteiger partial charge in [0.1, 0.15) is 18.2 Å². The Morgan fingerprint density at radius 1 is 1.23 bits per heavy atom. The van der Waals surface area contributed by atoms with Crippen LogP contribution in [0.4, 0.5) is 0 Å². The largest absolute Gasteiger partial charge is 0.371 e. The van der Waals surface area contributed by atoms with E-state index < -0.39 is 11.6 Å². The fourth-order valence-electron chi connectivity index (χ4n) is 3.50. The molecule has 2 amide bonds. The van der Waals surface area contributed by atoms with Crippen molar-refractivity contribution in [3.8, 4) is 10.4 Å². The summed E-state index contributed by atoms with van der Waals surface area (Å²) in [5, 5.41) is 4.88. The topological polar surface area (TPSA) is 75.7 Å². The van der Waals surface area contributed by atoms with Crippen molar-refractivity contribution in [2.45, 2.75) is 38.8 Å². The highest BCUT2D eigenvalue weighted by atomic mass is 32.1. The molecular weight excluding hydrogens is 400 g/mol. The molecule has 2 aromatic rings. The van der Waals surface area contributed by atoms with Gasteiger partial charge in [-0.2, -0.15) is 0 Å². The molecular formula is C23H28N2O4S. The zero-order valence-corrected chi connectivity index (χ0v) is 18.6. The van der Waals surface area contributed by atoms with Crippen molar-refractivity contribution in [3.63, 3.8) is 0 Å². The number of thiophene rings is 1. The van der Waals surface area contributed by atoms with Crippen LogP contribution in [0.15, 0.2) is 41.8 Å². The quantitative estimate of drug-likeness (QED) is 0.734. The van der Waals surface area contributed by atoms with E-state index in [9.17, 15) is 14.4 Å². The standard InChI is InChI=1S/C23H28N2O4S/c1-15(2)12-18(22(28)25(4)23(3)14-29-13-20(23)26)24-21(27)17-9-7-16(8-10-17)19-6-5-11-30-19/h5-11,15,18H,12-14H2,1-4H3,(H,24,27). The summed E-state index contributed by atoms with van der Waals surface area (Å²) in [6.07, 6.45) is 0.479. The van der Waals surface area contributed by atoms with E-state index in [0.717, 1.165) is 10.4 Å². The van der Waals surface area contributed by atoms with Gasteiger partial charge in [-0.25, -0.2) is 0 Å². The molecule has 0 spiro atoms. The van der Waals surface area contributed by atoms with Crippen LogP contribution in [0.5, 0.6) is 0 Å². The molecule has 1 aromatic heterocycles. The van der Waals surface area contributed by atoms with E-state index in [1.54, 1.807) is 37.4 Å². The van der Waals surface area contributed by atoms with E-state index >= 15 is 0 Å². The summed E-state index contributed by atoms with van der Waals surface area (Å²) in [7, 11) is 1.60. The van der Waals surface area contributed by atoms with Gasteiger partial charge in [0.2, 0.25) is 5.91 Å². The van der Waals surface area contributed by atoms with Gasteiger partial charge < -0.3 is 15.0 Å². The first-order valence-corrected chi connectivity index (χ1v) is 10.9.